The van der Waals surface area contributed by atoms with E-state index in [1.807, 2.05) is 13.0 Å². The molecule has 0 unspecified atom stereocenters. The van der Waals surface area contributed by atoms with Gasteiger partial charge in [-0.05, 0) is 48.5 Å². The number of aromatic nitrogens is 4. The van der Waals surface area contributed by atoms with Gasteiger partial charge in [-0.2, -0.15) is 23.2 Å². The van der Waals surface area contributed by atoms with Gasteiger partial charge >= 0.3 is 6.18 Å². The van der Waals surface area contributed by atoms with Gasteiger partial charge in [0.15, 0.2) is 0 Å². The van der Waals surface area contributed by atoms with Crippen LogP contribution in [0.4, 0.5) is 18.9 Å². The number of carbonyl (C=O) groups is 1. The van der Waals surface area contributed by atoms with Crippen molar-refractivity contribution in [2.75, 3.05) is 18.1 Å². The molecule has 0 bridgehead atoms. The monoisotopic (exact) mass is 444 g/mol. The molecule has 0 aliphatic carbocycles. The van der Waals surface area contributed by atoms with Gasteiger partial charge in [0.25, 0.3) is 5.91 Å². The van der Waals surface area contributed by atoms with E-state index in [4.69, 9.17) is 10.00 Å². The molecule has 3 rings (SSSR count). The van der Waals surface area contributed by atoms with E-state index >= 15 is 0 Å². The molecular formula is C21H19F3N6O2. The maximum atomic E-state index is 12.9. The molecule has 0 saturated heterocycles. The van der Waals surface area contributed by atoms with Crippen molar-refractivity contribution in [3.05, 3.63) is 54.1 Å². The predicted molar refractivity (Wildman–Crippen MR) is 108 cm³/mol. The molecule has 0 aliphatic heterocycles. The van der Waals surface area contributed by atoms with Crippen LogP contribution in [-0.4, -0.2) is 39.3 Å². The molecule has 0 saturated carbocycles. The largest absolute Gasteiger partial charge is 0.494 e. The van der Waals surface area contributed by atoms with Gasteiger partial charge in [0, 0.05) is 17.8 Å². The third-order valence-corrected chi connectivity index (χ3v) is 4.39. The SMILES string of the molecule is CCOc1ccc(N(CCC#N)C(=O)Cn2nnc(-c3cccc(C(F)(F)F)c3)n2)cc1. The van der Waals surface area contributed by atoms with Crippen molar-refractivity contribution in [1.82, 2.24) is 20.2 Å². The van der Waals surface area contributed by atoms with Crippen molar-refractivity contribution in [3.63, 3.8) is 0 Å². The van der Waals surface area contributed by atoms with Gasteiger partial charge in [0.1, 0.15) is 12.3 Å². The number of anilines is 1. The number of hydrogen-bond donors (Lipinski definition) is 0. The van der Waals surface area contributed by atoms with Gasteiger partial charge in [-0.3, -0.25) is 4.79 Å². The van der Waals surface area contributed by atoms with Crippen LogP contribution in [-0.2, 0) is 17.5 Å². The zero-order valence-corrected chi connectivity index (χ0v) is 17.1. The summed E-state index contributed by atoms with van der Waals surface area (Å²) in [5, 5.41) is 20.5. The second kappa shape index (κ2) is 9.91. The van der Waals surface area contributed by atoms with E-state index in [0.29, 0.717) is 18.0 Å². The first-order chi connectivity index (χ1) is 15.3. The number of amides is 1. The maximum Gasteiger partial charge on any atom is 0.416 e. The molecule has 1 amide bonds. The van der Waals surface area contributed by atoms with Crippen molar-refractivity contribution < 1.29 is 22.7 Å². The lowest BCUT2D eigenvalue weighted by Gasteiger charge is -2.21. The summed E-state index contributed by atoms with van der Waals surface area (Å²) in [5.41, 5.74) is -0.140. The zero-order chi connectivity index (χ0) is 23.1. The number of tetrazole rings is 1. The number of nitrogens with zero attached hydrogens (tertiary/aromatic N) is 6. The fourth-order valence-corrected chi connectivity index (χ4v) is 2.92. The highest BCUT2D eigenvalue weighted by atomic mass is 19.4. The number of carbonyl (C=O) groups excluding carboxylic acids is 1. The predicted octanol–water partition coefficient (Wildman–Crippen LogP) is 3.70. The van der Waals surface area contributed by atoms with Gasteiger partial charge in [-0.15, -0.1) is 10.2 Å². The van der Waals surface area contributed by atoms with E-state index in [2.05, 4.69) is 15.4 Å². The Hall–Kier alpha value is -3.94. The molecule has 2 aromatic carbocycles. The van der Waals surface area contributed by atoms with E-state index in [0.717, 1.165) is 16.9 Å². The Morgan fingerprint density at radius 3 is 2.62 bits per heavy atom. The lowest BCUT2D eigenvalue weighted by atomic mass is 10.1. The highest BCUT2D eigenvalue weighted by molar-refractivity contribution is 5.93. The van der Waals surface area contributed by atoms with Gasteiger partial charge in [0.05, 0.1) is 24.7 Å². The van der Waals surface area contributed by atoms with Crippen LogP contribution >= 0.6 is 0 Å². The molecule has 0 fully saturated rings. The summed E-state index contributed by atoms with van der Waals surface area (Å²) in [6.07, 6.45) is -4.39. The molecule has 0 aliphatic rings. The Bertz CT molecular complexity index is 1110. The lowest BCUT2D eigenvalue weighted by molar-refractivity contribution is -0.137. The second-order valence-corrected chi connectivity index (χ2v) is 6.60. The third kappa shape index (κ3) is 5.60. The van der Waals surface area contributed by atoms with Crippen LogP contribution in [0.15, 0.2) is 48.5 Å². The molecule has 11 heteroatoms. The molecule has 3 aromatic rings. The topological polar surface area (TPSA) is 96.9 Å². The molecule has 0 spiro atoms. The van der Waals surface area contributed by atoms with Crippen LogP contribution in [0, 0.1) is 11.3 Å². The first kappa shape index (κ1) is 22.7. The molecular weight excluding hydrogens is 425 g/mol. The van der Waals surface area contributed by atoms with Crippen LogP contribution in [0.5, 0.6) is 5.75 Å². The van der Waals surface area contributed by atoms with Gasteiger partial charge < -0.3 is 9.64 Å². The van der Waals surface area contributed by atoms with Crippen LogP contribution in [0.3, 0.4) is 0 Å². The van der Waals surface area contributed by atoms with E-state index in [-0.39, 0.29) is 30.9 Å². The number of nitriles is 1. The van der Waals surface area contributed by atoms with Crippen molar-refractivity contribution in [2.45, 2.75) is 26.1 Å². The quantitative estimate of drug-likeness (QED) is 0.526. The van der Waals surface area contributed by atoms with Crippen LogP contribution in [0.25, 0.3) is 11.4 Å². The average Bonchev–Trinajstić information content (AvgIpc) is 3.23. The van der Waals surface area contributed by atoms with Crippen molar-refractivity contribution >= 4 is 11.6 Å². The Morgan fingerprint density at radius 1 is 1.22 bits per heavy atom. The van der Waals surface area contributed by atoms with E-state index in [9.17, 15) is 18.0 Å². The third-order valence-electron chi connectivity index (χ3n) is 4.39. The maximum absolute atomic E-state index is 12.9. The molecule has 0 atom stereocenters. The molecule has 0 radical (unpaired) electrons. The summed E-state index contributed by atoms with van der Waals surface area (Å²) in [5.74, 6) is 0.207. The number of alkyl halides is 3. The van der Waals surface area contributed by atoms with Crippen LogP contribution in [0.1, 0.15) is 18.9 Å². The summed E-state index contributed by atoms with van der Waals surface area (Å²) >= 11 is 0. The number of rotatable bonds is 8. The second-order valence-electron chi connectivity index (χ2n) is 6.60. The van der Waals surface area contributed by atoms with Crippen molar-refractivity contribution in [3.8, 4) is 23.2 Å². The fourth-order valence-electron chi connectivity index (χ4n) is 2.92. The number of benzene rings is 2. The highest BCUT2D eigenvalue weighted by Crippen LogP contribution is 2.31. The number of ether oxygens (including phenoxy) is 1. The van der Waals surface area contributed by atoms with Gasteiger partial charge in [0.2, 0.25) is 5.82 Å². The van der Waals surface area contributed by atoms with E-state index in [1.54, 1.807) is 24.3 Å². The fraction of sp³-hybridized carbons (Fsp3) is 0.286. The minimum atomic E-state index is -4.50. The Balaban J connectivity index is 1.77. The number of hydrogen-bond acceptors (Lipinski definition) is 6. The summed E-state index contributed by atoms with van der Waals surface area (Å²) in [4.78, 5) is 15.3. The van der Waals surface area contributed by atoms with E-state index in [1.165, 1.54) is 17.0 Å². The first-order valence-electron chi connectivity index (χ1n) is 9.67. The van der Waals surface area contributed by atoms with Crippen molar-refractivity contribution in [1.29, 1.82) is 5.26 Å². The molecule has 1 heterocycles. The van der Waals surface area contributed by atoms with E-state index < -0.39 is 17.6 Å². The van der Waals surface area contributed by atoms with Crippen LogP contribution in [0.2, 0.25) is 0 Å². The highest BCUT2D eigenvalue weighted by Gasteiger charge is 2.30. The smallest absolute Gasteiger partial charge is 0.416 e. The molecule has 32 heavy (non-hydrogen) atoms. The Morgan fingerprint density at radius 2 is 1.97 bits per heavy atom. The zero-order valence-electron chi connectivity index (χ0n) is 17.1. The minimum Gasteiger partial charge on any atom is -0.494 e. The first-order valence-corrected chi connectivity index (χ1v) is 9.67. The number of halogens is 3. The molecule has 0 N–H and O–H groups in total. The molecule has 1 aromatic heterocycles. The Labute approximate surface area is 181 Å². The average molecular weight is 444 g/mol. The van der Waals surface area contributed by atoms with Gasteiger partial charge in [-0.1, -0.05) is 12.1 Å². The molecule has 166 valence electrons. The Kier molecular flexibility index (Phi) is 7.04. The summed E-state index contributed by atoms with van der Waals surface area (Å²) in [6, 6.07) is 13.4. The summed E-state index contributed by atoms with van der Waals surface area (Å²) < 4.78 is 44.2. The van der Waals surface area contributed by atoms with Gasteiger partial charge in [-0.25, -0.2) is 0 Å². The summed E-state index contributed by atoms with van der Waals surface area (Å²) in [7, 11) is 0. The van der Waals surface area contributed by atoms with Crippen molar-refractivity contribution in [2.24, 2.45) is 0 Å². The standard InChI is InChI=1S/C21H19F3N6O2/c1-2-32-18-9-7-17(8-10-18)29(12-4-11-25)19(31)14-30-27-20(26-28-30)15-5-3-6-16(13-15)21(22,23)24/h3,5-10,13H,2,4,12,14H2,1H3. The lowest BCUT2D eigenvalue weighted by Crippen LogP contribution is -2.35. The molecule has 8 nitrogen and oxygen atoms in total. The van der Waals surface area contributed by atoms with Crippen LogP contribution < -0.4 is 9.64 Å². The summed E-state index contributed by atoms with van der Waals surface area (Å²) in [6.45, 7) is 2.21. The minimum absolute atomic E-state index is 0.0338. The normalized spacial score (nSPS) is 11.1.